The van der Waals surface area contributed by atoms with Gasteiger partial charge in [0.1, 0.15) is 0 Å². The summed E-state index contributed by atoms with van der Waals surface area (Å²) >= 11 is 0. The highest BCUT2D eigenvalue weighted by atomic mass is 28.3. The van der Waals surface area contributed by atoms with Gasteiger partial charge in [0.2, 0.25) is 0 Å². The molecule has 1 rings (SSSR count). The molecule has 1 aliphatic rings. The summed E-state index contributed by atoms with van der Waals surface area (Å²) in [6.07, 6.45) is 6.09. The van der Waals surface area contributed by atoms with Crippen LogP contribution in [0.5, 0.6) is 0 Å². The molecule has 0 saturated carbocycles. The number of Topliss-reactive ketones (excluding diaryl/α,β-unsaturated/α-hetero) is 1. The molecule has 1 aliphatic carbocycles. The number of hydrogen-bond donors (Lipinski definition) is 0. The molecule has 0 aliphatic heterocycles. The van der Waals surface area contributed by atoms with E-state index in [0.717, 1.165) is 50.1 Å². The highest BCUT2D eigenvalue weighted by molar-refractivity contribution is 6.76. The summed E-state index contributed by atoms with van der Waals surface area (Å²) in [5.74, 6) is 6.96. The van der Waals surface area contributed by atoms with Crippen LogP contribution < -0.4 is 0 Å². The Bertz CT molecular complexity index is 388. The minimum Gasteiger partial charge on any atom is -0.295 e. The molecule has 1 nitrogen and oxygen atoms in total. The number of ketones is 1. The molecular weight excluding hydrogens is 236 g/mol. The van der Waals surface area contributed by atoms with Crippen molar-refractivity contribution < 1.29 is 4.79 Å². The Balaban J connectivity index is 2.30. The van der Waals surface area contributed by atoms with Gasteiger partial charge in [-0.3, -0.25) is 4.79 Å². The molecule has 100 valence electrons. The zero-order valence-corrected chi connectivity index (χ0v) is 13.4. The third kappa shape index (κ3) is 5.69. The van der Waals surface area contributed by atoms with Crippen molar-refractivity contribution in [3.05, 3.63) is 11.1 Å². The second kappa shape index (κ2) is 6.94. The first-order valence-corrected chi connectivity index (χ1v) is 10.8. The molecule has 0 aromatic carbocycles. The lowest BCUT2D eigenvalue weighted by molar-refractivity contribution is -0.116. The monoisotopic (exact) mass is 262 g/mol. The summed E-state index contributed by atoms with van der Waals surface area (Å²) in [6, 6.07) is 1.10. The first-order chi connectivity index (χ1) is 8.40. The Morgan fingerprint density at radius 3 is 2.56 bits per heavy atom. The third-order valence-corrected chi connectivity index (χ3v) is 4.59. The van der Waals surface area contributed by atoms with Gasteiger partial charge in [-0.1, -0.05) is 25.2 Å². The van der Waals surface area contributed by atoms with Crippen molar-refractivity contribution in [2.75, 3.05) is 0 Å². The minimum atomic E-state index is -0.997. The maximum atomic E-state index is 11.6. The van der Waals surface area contributed by atoms with E-state index in [1.54, 1.807) is 0 Å². The van der Waals surface area contributed by atoms with Crippen molar-refractivity contribution in [2.45, 2.75) is 71.1 Å². The zero-order chi connectivity index (χ0) is 13.6. The van der Waals surface area contributed by atoms with Gasteiger partial charge in [0.25, 0.3) is 0 Å². The van der Waals surface area contributed by atoms with Gasteiger partial charge in [0.05, 0.1) is 8.07 Å². The van der Waals surface area contributed by atoms with Crippen LogP contribution in [-0.2, 0) is 4.79 Å². The highest BCUT2D eigenvalue weighted by Crippen LogP contribution is 2.25. The largest absolute Gasteiger partial charge is 0.295 e. The van der Waals surface area contributed by atoms with E-state index in [1.165, 1.54) is 5.57 Å². The fourth-order valence-electron chi connectivity index (χ4n) is 2.15. The SMILES string of the molecule is CC1=C(CCCC#CC[Si](C)(C)C)CCCC1=O. The van der Waals surface area contributed by atoms with Gasteiger partial charge in [0.15, 0.2) is 5.78 Å². The fourth-order valence-corrected chi connectivity index (χ4v) is 2.81. The van der Waals surface area contributed by atoms with E-state index in [2.05, 4.69) is 31.5 Å². The zero-order valence-electron chi connectivity index (χ0n) is 12.4. The maximum Gasteiger partial charge on any atom is 0.158 e. The van der Waals surface area contributed by atoms with Crippen LogP contribution in [0.1, 0.15) is 45.4 Å². The van der Waals surface area contributed by atoms with Crippen LogP contribution in [0.4, 0.5) is 0 Å². The van der Waals surface area contributed by atoms with Crippen LogP contribution in [0.2, 0.25) is 25.7 Å². The summed E-state index contributed by atoms with van der Waals surface area (Å²) in [4.78, 5) is 11.6. The molecule has 0 radical (unpaired) electrons. The second-order valence-corrected chi connectivity index (χ2v) is 11.9. The van der Waals surface area contributed by atoms with Gasteiger partial charge in [-0.05, 0) is 38.2 Å². The van der Waals surface area contributed by atoms with E-state index in [-0.39, 0.29) is 0 Å². The predicted molar refractivity (Wildman–Crippen MR) is 81.3 cm³/mol. The van der Waals surface area contributed by atoms with Crippen molar-refractivity contribution in [1.29, 1.82) is 0 Å². The molecule has 0 heterocycles. The quantitative estimate of drug-likeness (QED) is 0.412. The van der Waals surface area contributed by atoms with Crippen molar-refractivity contribution in [3.8, 4) is 11.8 Å². The Kier molecular flexibility index (Phi) is 5.88. The summed E-state index contributed by atoms with van der Waals surface area (Å²) in [5, 5.41) is 0. The van der Waals surface area contributed by atoms with Crippen molar-refractivity contribution in [2.24, 2.45) is 0 Å². The Labute approximate surface area is 113 Å². The maximum absolute atomic E-state index is 11.6. The molecule has 2 heteroatoms. The van der Waals surface area contributed by atoms with E-state index >= 15 is 0 Å². The Morgan fingerprint density at radius 1 is 1.17 bits per heavy atom. The normalized spacial score (nSPS) is 16.6. The first-order valence-electron chi connectivity index (χ1n) is 7.08. The minimum absolute atomic E-state index is 0.362. The molecule has 0 amide bonds. The molecule has 0 fully saturated rings. The number of allylic oxidation sites excluding steroid dienone is 2. The molecule has 0 atom stereocenters. The lowest BCUT2D eigenvalue weighted by Crippen LogP contribution is -2.17. The molecule has 0 bridgehead atoms. The van der Waals surface area contributed by atoms with Crippen LogP contribution >= 0.6 is 0 Å². The van der Waals surface area contributed by atoms with Crippen LogP contribution in [0, 0.1) is 11.8 Å². The van der Waals surface area contributed by atoms with Crippen LogP contribution in [0.3, 0.4) is 0 Å². The lowest BCUT2D eigenvalue weighted by atomic mass is 9.89. The molecule has 0 spiro atoms. The van der Waals surface area contributed by atoms with Crippen LogP contribution in [0.25, 0.3) is 0 Å². The van der Waals surface area contributed by atoms with Gasteiger partial charge in [0, 0.05) is 18.9 Å². The Morgan fingerprint density at radius 2 is 1.89 bits per heavy atom. The van der Waals surface area contributed by atoms with E-state index in [1.807, 2.05) is 6.92 Å². The molecule has 0 aromatic heterocycles. The summed E-state index contributed by atoms with van der Waals surface area (Å²) in [6.45, 7) is 9.05. The van der Waals surface area contributed by atoms with E-state index in [0.29, 0.717) is 5.78 Å². The van der Waals surface area contributed by atoms with Gasteiger partial charge in [-0.2, -0.15) is 0 Å². The van der Waals surface area contributed by atoms with E-state index in [4.69, 9.17) is 0 Å². The lowest BCUT2D eigenvalue weighted by Gasteiger charge is -2.16. The average Bonchev–Trinajstić information content (AvgIpc) is 2.27. The average molecular weight is 262 g/mol. The standard InChI is InChI=1S/C16H26OSi/c1-14-15(11-9-12-16(14)17)10-7-5-6-8-13-18(2,3)4/h5,7,9-13H2,1-4H3. The number of rotatable bonds is 4. The van der Waals surface area contributed by atoms with Gasteiger partial charge < -0.3 is 0 Å². The second-order valence-electron chi connectivity index (χ2n) is 6.45. The van der Waals surface area contributed by atoms with E-state index < -0.39 is 8.07 Å². The summed E-state index contributed by atoms with van der Waals surface area (Å²) in [7, 11) is -0.997. The van der Waals surface area contributed by atoms with E-state index in [9.17, 15) is 4.79 Å². The van der Waals surface area contributed by atoms with Gasteiger partial charge >= 0.3 is 0 Å². The van der Waals surface area contributed by atoms with Crippen LogP contribution in [-0.4, -0.2) is 13.9 Å². The number of carbonyl (C=O) groups excluding carboxylic acids is 1. The third-order valence-electron chi connectivity index (χ3n) is 3.36. The van der Waals surface area contributed by atoms with Crippen molar-refractivity contribution in [1.82, 2.24) is 0 Å². The van der Waals surface area contributed by atoms with Gasteiger partial charge in [-0.15, -0.1) is 11.8 Å². The highest BCUT2D eigenvalue weighted by Gasteiger charge is 2.15. The topological polar surface area (TPSA) is 17.1 Å². The molecule has 0 aromatic rings. The first kappa shape index (κ1) is 15.2. The number of carbonyl (C=O) groups is 1. The summed E-state index contributed by atoms with van der Waals surface area (Å²) in [5.41, 5.74) is 2.43. The molecule has 18 heavy (non-hydrogen) atoms. The van der Waals surface area contributed by atoms with Crippen LogP contribution in [0.15, 0.2) is 11.1 Å². The smallest absolute Gasteiger partial charge is 0.158 e. The Hall–Kier alpha value is -0.813. The molecule has 0 unspecified atom stereocenters. The number of hydrogen-bond acceptors (Lipinski definition) is 1. The fraction of sp³-hybridized carbons (Fsp3) is 0.688. The molecule has 0 saturated heterocycles. The predicted octanol–water partition coefficient (Wildman–Crippen LogP) is 4.57. The molecule has 0 N–H and O–H groups in total. The van der Waals surface area contributed by atoms with Crippen molar-refractivity contribution in [3.63, 3.8) is 0 Å². The number of unbranched alkanes of at least 4 members (excludes halogenated alkanes) is 1. The van der Waals surface area contributed by atoms with Crippen molar-refractivity contribution >= 4 is 13.9 Å². The van der Waals surface area contributed by atoms with Gasteiger partial charge in [-0.25, -0.2) is 0 Å². The summed E-state index contributed by atoms with van der Waals surface area (Å²) < 4.78 is 0. The molecular formula is C16H26OSi.